The SMILES string of the molecule is COc1ccc(N2C[C@@]3(CCNC3)CC2=O)cc1. The van der Waals surface area contributed by atoms with E-state index in [-0.39, 0.29) is 11.3 Å². The molecule has 0 radical (unpaired) electrons. The number of methoxy groups -OCH3 is 1. The van der Waals surface area contributed by atoms with Crippen molar-refractivity contribution in [3.05, 3.63) is 24.3 Å². The Hall–Kier alpha value is -1.55. The first-order chi connectivity index (χ1) is 8.72. The van der Waals surface area contributed by atoms with E-state index in [0.29, 0.717) is 6.42 Å². The maximum Gasteiger partial charge on any atom is 0.227 e. The number of carbonyl (C=O) groups excluding carboxylic acids is 1. The molecular weight excluding hydrogens is 228 g/mol. The molecule has 4 heteroatoms. The van der Waals surface area contributed by atoms with Crippen LogP contribution in [0, 0.1) is 5.41 Å². The molecule has 2 aliphatic rings. The van der Waals surface area contributed by atoms with Gasteiger partial charge in [0.15, 0.2) is 0 Å². The van der Waals surface area contributed by atoms with E-state index < -0.39 is 0 Å². The fourth-order valence-corrected chi connectivity index (χ4v) is 2.97. The van der Waals surface area contributed by atoms with Crippen molar-refractivity contribution in [1.82, 2.24) is 5.32 Å². The number of amides is 1. The molecular formula is C14H18N2O2. The zero-order valence-corrected chi connectivity index (χ0v) is 10.6. The second-order valence-electron chi connectivity index (χ2n) is 5.28. The number of carbonyl (C=O) groups is 1. The average Bonchev–Trinajstić information content (AvgIpc) is 2.97. The van der Waals surface area contributed by atoms with Crippen LogP contribution in [-0.2, 0) is 4.79 Å². The minimum atomic E-state index is 0.164. The quantitative estimate of drug-likeness (QED) is 0.858. The first-order valence-electron chi connectivity index (χ1n) is 6.38. The van der Waals surface area contributed by atoms with Gasteiger partial charge >= 0.3 is 0 Å². The number of rotatable bonds is 2. The lowest BCUT2D eigenvalue weighted by atomic mass is 9.86. The van der Waals surface area contributed by atoms with Crippen molar-refractivity contribution in [2.24, 2.45) is 5.41 Å². The van der Waals surface area contributed by atoms with Crippen LogP contribution >= 0.6 is 0 Å². The van der Waals surface area contributed by atoms with E-state index in [2.05, 4.69) is 5.32 Å². The molecule has 96 valence electrons. The van der Waals surface area contributed by atoms with Crippen molar-refractivity contribution < 1.29 is 9.53 Å². The Morgan fingerprint density at radius 3 is 2.72 bits per heavy atom. The van der Waals surface area contributed by atoms with E-state index in [9.17, 15) is 4.79 Å². The summed E-state index contributed by atoms with van der Waals surface area (Å²) in [6.45, 7) is 2.83. The molecule has 1 amide bonds. The third kappa shape index (κ3) is 1.86. The van der Waals surface area contributed by atoms with Gasteiger partial charge in [-0.2, -0.15) is 0 Å². The van der Waals surface area contributed by atoms with Crippen LogP contribution in [-0.4, -0.2) is 32.7 Å². The third-order valence-electron chi connectivity index (χ3n) is 4.04. The Morgan fingerprint density at radius 1 is 1.33 bits per heavy atom. The maximum absolute atomic E-state index is 12.2. The number of nitrogens with zero attached hydrogens (tertiary/aromatic N) is 1. The average molecular weight is 246 g/mol. The third-order valence-corrected chi connectivity index (χ3v) is 4.04. The van der Waals surface area contributed by atoms with Gasteiger partial charge in [-0.05, 0) is 37.2 Å². The van der Waals surface area contributed by atoms with E-state index >= 15 is 0 Å². The number of hydrogen-bond donors (Lipinski definition) is 1. The number of nitrogens with one attached hydrogen (secondary N) is 1. The van der Waals surface area contributed by atoms with Crippen LogP contribution < -0.4 is 15.0 Å². The highest BCUT2D eigenvalue weighted by Crippen LogP contribution is 2.39. The Kier molecular flexibility index (Phi) is 2.74. The van der Waals surface area contributed by atoms with E-state index in [4.69, 9.17) is 4.74 Å². The molecule has 2 aliphatic heterocycles. The predicted molar refractivity (Wildman–Crippen MR) is 69.9 cm³/mol. The maximum atomic E-state index is 12.2. The van der Waals surface area contributed by atoms with Crippen LogP contribution in [0.3, 0.4) is 0 Å². The molecule has 4 nitrogen and oxygen atoms in total. The van der Waals surface area contributed by atoms with Crippen LogP contribution in [0.15, 0.2) is 24.3 Å². The second kappa shape index (κ2) is 4.28. The predicted octanol–water partition coefficient (Wildman–Crippen LogP) is 1.41. The second-order valence-corrected chi connectivity index (χ2v) is 5.28. The summed E-state index contributed by atoms with van der Waals surface area (Å²) in [7, 11) is 1.65. The number of hydrogen-bond acceptors (Lipinski definition) is 3. The summed E-state index contributed by atoms with van der Waals surface area (Å²) < 4.78 is 5.14. The van der Waals surface area contributed by atoms with Crippen molar-refractivity contribution in [3.8, 4) is 5.75 Å². The lowest BCUT2D eigenvalue weighted by Crippen LogP contribution is -2.29. The van der Waals surface area contributed by atoms with Gasteiger partial charge in [0, 0.05) is 30.6 Å². The van der Waals surface area contributed by atoms with Crippen LogP contribution in [0.1, 0.15) is 12.8 Å². The first kappa shape index (κ1) is 11.5. The monoisotopic (exact) mass is 246 g/mol. The Morgan fingerprint density at radius 2 is 2.11 bits per heavy atom. The zero-order valence-electron chi connectivity index (χ0n) is 10.6. The lowest BCUT2D eigenvalue weighted by molar-refractivity contribution is -0.117. The van der Waals surface area contributed by atoms with Gasteiger partial charge in [0.2, 0.25) is 5.91 Å². The fraction of sp³-hybridized carbons (Fsp3) is 0.500. The van der Waals surface area contributed by atoms with Gasteiger partial charge in [0.05, 0.1) is 7.11 Å². The molecule has 0 bridgehead atoms. The fourth-order valence-electron chi connectivity index (χ4n) is 2.97. The molecule has 0 saturated carbocycles. The Labute approximate surface area is 107 Å². The topological polar surface area (TPSA) is 41.6 Å². The van der Waals surface area contributed by atoms with Crippen LogP contribution in [0.2, 0.25) is 0 Å². The largest absolute Gasteiger partial charge is 0.497 e. The summed E-state index contributed by atoms with van der Waals surface area (Å²) >= 11 is 0. The summed E-state index contributed by atoms with van der Waals surface area (Å²) in [4.78, 5) is 14.1. The minimum absolute atomic E-state index is 0.164. The molecule has 0 aliphatic carbocycles. The Balaban J connectivity index is 1.81. The highest BCUT2D eigenvalue weighted by atomic mass is 16.5. The molecule has 3 rings (SSSR count). The summed E-state index contributed by atoms with van der Waals surface area (Å²) in [6, 6.07) is 7.72. The standard InChI is InChI=1S/C14H18N2O2/c1-18-12-4-2-11(3-5-12)16-10-14(8-13(16)17)6-7-15-9-14/h2-5,15H,6-10H2,1H3/t14-/m0/s1. The molecule has 1 atom stereocenters. The lowest BCUT2D eigenvalue weighted by Gasteiger charge is -2.22. The molecule has 1 N–H and O–H groups in total. The van der Waals surface area contributed by atoms with Gasteiger partial charge in [-0.15, -0.1) is 0 Å². The molecule has 1 aromatic carbocycles. The van der Waals surface area contributed by atoms with Crippen molar-refractivity contribution in [2.75, 3.05) is 31.6 Å². The van der Waals surface area contributed by atoms with Gasteiger partial charge in [0.25, 0.3) is 0 Å². The molecule has 18 heavy (non-hydrogen) atoms. The summed E-state index contributed by atoms with van der Waals surface area (Å²) in [5.41, 5.74) is 1.14. The summed E-state index contributed by atoms with van der Waals surface area (Å²) in [5, 5.41) is 3.37. The normalized spacial score (nSPS) is 27.2. The smallest absolute Gasteiger partial charge is 0.227 e. The highest BCUT2D eigenvalue weighted by Gasteiger charge is 2.45. The molecule has 0 aromatic heterocycles. The van der Waals surface area contributed by atoms with Gasteiger partial charge < -0.3 is 15.0 Å². The van der Waals surface area contributed by atoms with Gasteiger partial charge in [-0.3, -0.25) is 4.79 Å². The molecule has 2 heterocycles. The van der Waals surface area contributed by atoms with Crippen LogP contribution in [0.4, 0.5) is 5.69 Å². The minimum Gasteiger partial charge on any atom is -0.497 e. The van der Waals surface area contributed by atoms with Crippen molar-refractivity contribution in [2.45, 2.75) is 12.8 Å². The van der Waals surface area contributed by atoms with E-state index in [0.717, 1.165) is 37.5 Å². The highest BCUT2D eigenvalue weighted by molar-refractivity contribution is 5.96. The van der Waals surface area contributed by atoms with E-state index in [1.807, 2.05) is 29.2 Å². The molecule has 2 saturated heterocycles. The van der Waals surface area contributed by atoms with Crippen molar-refractivity contribution in [3.63, 3.8) is 0 Å². The van der Waals surface area contributed by atoms with E-state index in [1.165, 1.54) is 0 Å². The van der Waals surface area contributed by atoms with Crippen LogP contribution in [0.5, 0.6) is 5.75 Å². The first-order valence-corrected chi connectivity index (χ1v) is 6.38. The number of benzene rings is 1. The van der Waals surface area contributed by atoms with Gasteiger partial charge in [-0.25, -0.2) is 0 Å². The molecule has 2 fully saturated rings. The number of anilines is 1. The summed E-state index contributed by atoms with van der Waals surface area (Å²) in [6.07, 6.45) is 1.78. The molecule has 1 spiro atoms. The van der Waals surface area contributed by atoms with Crippen molar-refractivity contribution in [1.29, 1.82) is 0 Å². The van der Waals surface area contributed by atoms with Gasteiger partial charge in [-0.1, -0.05) is 0 Å². The summed E-state index contributed by atoms with van der Waals surface area (Å²) in [5.74, 6) is 1.06. The van der Waals surface area contributed by atoms with Gasteiger partial charge in [0.1, 0.15) is 5.75 Å². The van der Waals surface area contributed by atoms with Crippen molar-refractivity contribution >= 4 is 11.6 Å². The number of ether oxygens (including phenoxy) is 1. The van der Waals surface area contributed by atoms with Crippen LogP contribution in [0.25, 0.3) is 0 Å². The molecule has 1 aromatic rings. The molecule has 0 unspecified atom stereocenters. The van der Waals surface area contributed by atoms with E-state index in [1.54, 1.807) is 7.11 Å². The Bertz CT molecular complexity index is 449. The zero-order chi connectivity index (χ0) is 12.6.